The van der Waals surface area contributed by atoms with Crippen LogP contribution in [0, 0.1) is 17.0 Å². The number of piperidine rings is 2. The molecule has 2 aliphatic heterocycles. The molecule has 1 N–H and O–H groups in total. The van der Waals surface area contributed by atoms with Crippen molar-refractivity contribution in [3.8, 4) is 0 Å². The zero-order valence-corrected chi connectivity index (χ0v) is 19.0. The molecule has 2 fully saturated rings. The van der Waals surface area contributed by atoms with Crippen LogP contribution in [0.2, 0.25) is 0 Å². The second-order valence-electron chi connectivity index (χ2n) is 9.11. The van der Waals surface area contributed by atoms with Gasteiger partial charge in [0.05, 0.1) is 0 Å². The Balaban J connectivity index is 1.63. The van der Waals surface area contributed by atoms with Crippen molar-refractivity contribution in [1.29, 1.82) is 0 Å². The normalized spacial score (nSPS) is 21.9. The smallest absolute Gasteiger partial charge is 0.356 e. The molecule has 4 rings (SSSR count). The van der Waals surface area contributed by atoms with Crippen molar-refractivity contribution in [3.05, 3.63) is 71.3 Å². The molecule has 10 heteroatoms. The molecule has 2 aliphatic rings. The number of hydrogen-bond acceptors (Lipinski definition) is 3. The summed E-state index contributed by atoms with van der Waals surface area (Å²) in [6, 6.07) is 10.3. The third-order valence-electron chi connectivity index (χ3n) is 7.33. The van der Waals surface area contributed by atoms with E-state index in [4.69, 9.17) is 4.74 Å². The summed E-state index contributed by atoms with van der Waals surface area (Å²) in [6.07, 6.45) is -4.50. The van der Waals surface area contributed by atoms with Gasteiger partial charge in [-0.05, 0) is 36.0 Å². The van der Waals surface area contributed by atoms with Crippen molar-refractivity contribution in [2.45, 2.75) is 37.0 Å². The Morgan fingerprint density at radius 3 is 2.29 bits per heavy atom. The van der Waals surface area contributed by atoms with Crippen molar-refractivity contribution < 1.29 is 36.3 Å². The summed E-state index contributed by atoms with van der Waals surface area (Å²) < 4.78 is 75.3. The number of carbonyl (C=O) groups excluding carboxylic acids is 2. The first-order chi connectivity index (χ1) is 16.5. The zero-order valence-electron chi connectivity index (χ0n) is 19.0. The van der Waals surface area contributed by atoms with Gasteiger partial charge in [-0.1, -0.05) is 36.4 Å². The number of nitrogens with one attached hydrogen (secondary N) is 1. The van der Waals surface area contributed by atoms with E-state index in [2.05, 4.69) is 5.32 Å². The number of methoxy groups -OCH3 is 1. The molecule has 5 nitrogen and oxygen atoms in total. The van der Waals surface area contributed by atoms with Crippen LogP contribution in [-0.4, -0.2) is 49.6 Å². The van der Waals surface area contributed by atoms with E-state index in [0.29, 0.717) is 5.56 Å². The monoisotopic (exact) mass is 496 g/mol. The Hall–Kier alpha value is -3.01. The molecule has 2 atom stereocenters. The van der Waals surface area contributed by atoms with Gasteiger partial charge in [0, 0.05) is 44.6 Å². The third-order valence-corrected chi connectivity index (χ3v) is 7.33. The number of amides is 2. The first kappa shape index (κ1) is 25.1. The lowest BCUT2D eigenvalue weighted by molar-refractivity contribution is -0.271. The lowest BCUT2D eigenvalue weighted by Crippen LogP contribution is -2.60. The number of rotatable bonds is 4. The van der Waals surface area contributed by atoms with E-state index in [1.807, 2.05) is 0 Å². The summed E-state index contributed by atoms with van der Waals surface area (Å²) in [7, 11) is 0.856. The fourth-order valence-corrected chi connectivity index (χ4v) is 5.44. The highest BCUT2D eigenvalue weighted by atomic mass is 19.4. The van der Waals surface area contributed by atoms with Gasteiger partial charge >= 0.3 is 6.18 Å². The van der Waals surface area contributed by atoms with Crippen molar-refractivity contribution in [1.82, 2.24) is 10.2 Å². The van der Waals surface area contributed by atoms with Crippen molar-refractivity contribution >= 4 is 11.8 Å². The highest BCUT2D eigenvalue weighted by molar-refractivity contribution is 5.88. The molecule has 188 valence electrons. The van der Waals surface area contributed by atoms with E-state index >= 15 is 0 Å². The maximum absolute atomic E-state index is 14.3. The molecule has 0 aliphatic carbocycles. The van der Waals surface area contributed by atoms with E-state index in [9.17, 15) is 31.5 Å². The van der Waals surface area contributed by atoms with Gasteiger partial charge in [0.1, 0.15) is 0 Å². The maximum Gasteiger partial charge on any atom is 0.430 e. The summed E-state index contributed by atoms with van der Waals surface area (Å²) >= 11 is 0. The average molecular weight is 496 g/mol. The van der Waals surface area contributed by atoms with Gasteiger partial charge in [0.15, 0.2) is 11.6 Å². The second kappa shape index (κ2) is 9.22. The molecule has 2 aromatic rings. The summed E-state index contributed by atoms with van der Waals surface area (Å²) in [5, 5.41) is 2.74. The molecule has 2 saturated heterocycles. The van der Waals surface area contributed by atoms with Crippen molar-refractivity contribution in [2.75, 3.05) is 26.7 Å². The quantitative estimate of drug-likeness (QED) is 0.643. The van der Waals surface area contributed by atoms with Crippen LogP contribution in [0.4, 0.5) is 22.0 Å². The Bertz CT molecular complexity index is 1100. The van der Waals surface area contributed by atoms with Crippen LogP contribution in [0.5, 0.6) is 0 Å². The lowest BCUT2D eigenvalue weighted by atomic mass is 9.62. The first-order valence-corrected chi connectivity index (χ1v) is 11.2. The molecular formula is C25H25F5N2O3. The van der Waals surface area contributed by atoms with E-state index in [-0.39, 0.29) is 56.3 Å². The maximum atomic E-state index is 14.3. The highest BCUT2D eigenvalue weighted by Gasteiger charge is 2.64. The van der Waals surface area contributed by atoms with Crippen LogP contribution >= 0.6 is 0 Å². The van der Waals surface area contributed by atoms with E-state index in [1.165, 1.54) is 30.3 Å². The van der Waals surface area contributed by atoms with Crippen molar-refractivity contribution in [3.63, 3.8) is 0 Å². The minimum Gasteiger partial charge on any atom is -0.356 e. The molecule has 0 aromatic heterocycles. The Kier molecular flexibility index (Phi) is 6.61. The molecule has 1 spiro atoms. The minimum absolute atomic E-state index is 0.0414. The van der Waals surface area contributed by atoms with Crippen LogP contribution in [0.1, 0.15) is 36.3 Å². The third kappa shape index (κ3) is 4.28. The SMILES string of the molecule is CO[C@@](C(=O)N1CCC2(CC1)CC(=O)NCC2c1ccc(F)c(F)c1)(c1ccccc1)C(F)(F)F. The molecule has 2 heterocycles. The molecular weight excluding hydrogens is 471 g/mol. The fourth-order valence-electron chi connectivity index (χ4n) is 5.44. The minimum atomic E-state index is -5.02. The van der Waals surface area contributed by atoms with E-state index < -0.39 is 34.7 Å². The number of hydrogen-bond donors (Lipinski definition) is 1. The number of benzene rings is 2. The lowest BCUT2D eigenvalue weighted by Gasteiger charge is -2.50. The van der Waals surface area contributed by atoms with Gasteiger partial charge < -0.3 is 15.0 Å². The van der Waals surface area contributed by atoms with Crippen LogP contribution in [0.15, 0.2) is 48.5 Å². The number of likely N-dealkylation sites (tertiary alicyclic amines) is 1. The van der Waals surface area contributed by atoms with E-state index in [1.54, 1.807) is 6.07 Å². The van der Waals surface area contributed by atoms with Gasteiger partial charge in [-0.2, -0.15) is 13.2 Å². The molecule has 0 bridgehead atoms. The predicted octanol–water partition coefficient (Wildman–Crippen LogP) is 4.28. The molecule has 2 amide bonds. The van der Waals surface area contributed by atoms with Crippen LogP contribution in [0.3, 0.4) is 0 Å². The summed E-state index contributed by atoms with van der Waals surface area (Å²) in [6.45, 7) is 0.104. The Morgan fingerprint density at radius 2 is 1.71 bits per heavy atom. The number of alkyl halides is 3. The summed E-state index contributed by atoms with van der Waals surface area (Å²) in [5.41, 5.74) is -3.70. The number of ether oxygens (including phenoxy) is 1. The summed E-state index contributed by atoms with van der Waals surface area (Å²) in [5.74, 6) is -3.84. The largest absolute Gasteiger partial charge is 0.430 e. The Morgan fingerprint density at radius 1 is 1.06 bits per heavy atom. The standard InChI is InChI=1S/C25H25F5N2O3/c1-35-24(25(28,29)30,17-5-3-2-4-6-17)22(34)32-11-9-23(10-12-32)14-21(33)31-15-18(23)16-7-8-19(26)20(27)13-16/h2-8,13,18H,9-12,14-15H2,1H3,(H,31,33)/t18?,24-/m1/s1. The van der Waals surface area contributed by atoms with Crippen LogP contribution in [0.25, 0.3) is 0 Å². The fraction of sp³-hybridized carbons (Fsp3) is 0.440. The summed E-state index contributed by atoms with van der Waals surface area (Å²) in [4.78, 5) is 26.8. The number of halogens is 5. The number of nitrogens with zero attached hydrogens (tertiary/aromatic N) is 1. The average Bonchev–Trinajstić information content (AvgIpc) is 2.82. The van der Waals surface area contributed by atoms with Gasteiger partial charge in [-0.25, -0.2) is 8.78 Å². The van der Waals surface area contributed by atoms with Gasteiger partial charge in [-0.3, -0.25) is 9.59 Å². The van der Waals surface area contributed by atoms with Crippen LogP contribution in [-0.2, 0) is 19.9 Å². The topological polar surface area (TPSA) is 58.6 Å². The molecule has 35 heavy (non-hydrogen) atoms. The van der Waals surface area contributed by atoms with Gasteiger partial charge in [-0.15, -0.1) is 0 Å². The number of carbonyl (C=O) groups is 2. The highest BCUT2D eigenvalue weighted by Crippen LogP contribution is 2.50. The van der Waals surface area contributed by atoms with Crippen LogP contribution < -0.4 is 5.32 Å². The molecule has 2 aromatic carbocycles. The molecule has 1 unspecified atom stereocenters. The van der Waals surface area contributed by atoms with Crippen molar-refractivity contribution in [2.24, 2.45) is 5.41 Å². The molecule has 0 radical (unpaired) electrons. The second-order valence-corrected chi connectivity index (χ2v) is 9.11. The van der Waals surface area contributed by atoms with Gasteiger partial charge in [0.25, 0.3) is 11.5 Å². The zero-order chi connectivity index (χ0) is 25.4. The van der Waals surface area contributed by atoms with E-state index in [0.717, 1.165) is 24.1 Å². The van der Waals surface area contributed by atoms with Gasteiger partial charge in [0.2, 0.25) is 5.91 Å². The Labute approximate surface area is 199 Å². The first-order valence-electron chi connectivity index (χ1n) is 11.2. The molecule has 0 saturated carbocycles. The predicted molar refractivity (Wildman–Crippen MR) is 116 cm³/mol.